The van der Waals surface area contributed by atoms with Crippen molar-refractivity contribution in [1.29, 1.82) is 0 Å². The number of anilines is 2. The molecule has 154 valence electrons. The Kier molecular flexibility index (Phi) is 4.79. The summed E-state index contributed by atoms with van der Waals surface area (Å²) in [6, 6.07) is 21.3. The number of benzene rings is 3. The molecule has 3 aromatic rings. The topological polar surface area (TPSA) is 78.4 Å². The van der Waals surface area contributed by atoms with Gasteiger partial charge in [-0.15, -0.1) is 0 Å². The summed E-state index contributed by atoms with van der Waals surface area (Å²) in [5, 5.41) is 16.9. The van der Waals surface area contributed by atoms with Gasteiger partial charge in [-0.3, -0.25) is 9.59 Å². The Labute approximate surface area is 180 Å². The van der Waals surface area contributed by atoms with Crippen LogP contribution in [0.25, 0.3) is 0 Å². The third kappa shape index (κ3) is 3.59. The first-order valence-corrected chi connectivity index (χ1v) is 10.4. The number of phenols is 1. The monoisotopic (exact) mass is 410 g/mol. The van der Waals surface area contributed by atoms with Gasteiger partial charge < -0.3 is 15.7 Å². The summed E-state index contributed by atoms with van der Waals surface area (Å²) < 4.78 is 0. The van der Waals surface area contributed by atoms with E-state index in [1.165, 1.54) is 0 Å². The molecule has 31 heavy (non-hydrogen) atoms. The molecule has 3 aromatic carbocycles. The number of aromatic hydroxyl groups is 1. The summed E-state index contributed by atoms with van der Waals surface area (Å²) in [4.78, 5) is 25.8. The van der Waals surface area contributed by atoms with Crippen molar-refractivity contribution in [2.45, 2.75) is 25.3 Å². The van der Waals surface area contributed by atoms with Crippen molar-refractivity contribution in [3.63, 3.8) is 0 Å². The molecular formula is C26H22N2O3. The number of allylic oxidation sites excluding steroid dienone is 1. The number of phenolic OH excluding ortho intramolecular Hbond substituents is 1. The van der Waals surface area contributed by atoms with Crippen molar-refractivity contribution in [2.24, 2.45) is 0 Å². The average Bonchev–Trinajstić information content (AvgIpc) is 2.96. The van der Waals surface area contributed by atoms with Crippen molar-refractivity contribution in [2.75, 3.05) is 10.6 Å². The van der Waals surface area contributed by atoms with Crippen LogP contribution in [0.15, 0.2) is 84.1 Å². The molecular weight excluding hydrogens is 388 g/mol. The van der Waals surface area contributed by atoms with E-state index >= 15 is 0 Å². The molecule has 5 heteroatoms. The number of ketones is 2. The lowest BCUT2D eigenvalue weighted by molar-refractivity contribution is -0.116. The molecule has 1 atom stereocenters. The number of carbonyl (C=O) groups is 2. The van der Waals surface area contributed by atoms with Crippen LogP contribution in [0, 0.1) is 0 Å². The highest BCUT2D eigenvalue weighted by molar-refractivity contribution is 6.10. The van der Waals surface area contributed by atoms with Crippen LogP contribution < -0.4 is 10.6 Å². The molecule has 0 bridgehead atoms. The number of carbonyl (C=O) groups excluding carboxylic acids is 2. The maximum Gasteiger partial charge on any atom is 0.193 e. The molecule has 1 aliphatic carbocycles. The fourth-order valence-electron chi connectivity index (χ4n) is 4.34. The Morgan fingerprint density at radius 1 is 0.871 bits per heavy atom. The first kappa shape index (κ1) is 19.1. The molecule has 2 aliphatic rings. The molecule has 0 saturated heterocycles. The Bertz CT molecular complexity index is 1210. The highest BCUT2D eigenvalue weighted by Gasteiger charge is 2.32. The van der Waals surface area contributed by atoms with Gasteiger partial charge in [0.15, 0.2) is 11.6 Å². The predicted molar refractivity (Wildman–Crippen MR) is 120 cm³/mol. The average molecular weight is 410 g/mol. The van der Waals surface area contributed by atoms with Gasteiger partial charge in [0.2, 0.25) is 0 Å². The van der Waals surface area contributed by atoms with Gasteiger partial charge >= 0.3 is 0 Å². The normalized spacial score (nSPS) is 17.7. The van der Waals surface area contributed by atoms with Gasteiger partial charge in [-0.1, -0.05) is 42.5 Å². The number of rotatable bonds is 3. The summed E-state index contributed by atoms with van der Waals surface area (Å²) in [7, 11) is 0. The van der Waals surface area contributed by atoms with Gasteiger partial charge in [0.25, 0.3) is 0 Å². The second-order valence-corrected chi connectivity index (χ2v) is 7.92. The zero-order valence-electron chi connectivity index (χ0n) is 16.9. The number of fused-ring (bicyclic) bond motifs is 1. The zero-order valence-corrected chi connectivity index (χ0v) is 16.9. The summed E-state index contributed by atoms with van der Waals surface area (Å²) in [5.74, 6) is 0.210. The molecule has 0 amide bonds. The Balaban J connectivity index is 1.59. The molecule has 0 radical (unpaired) electrons. The van der Waals surface area contributed by atoms with Crippen molar-refractivity contribution >= 4 is 22.9 Å². The van der Waals surface area contributed by atoms with Gasteiger partial charge in [0.1, 0.15) is 5.75 Å². The van der Waals surface area contributed by atoms with Gasteiger partial charge in [0.05, 0.1) is 17.4 Å². The summed E-state index contributed by atoms with van der Waals surface area (Å²) in [6.07, 6.45) is 2.05. The first-order chi connectivity index (χ1) is 15.1. The van der Waals surface area contributed by atoms with E-state index in [0.29, 0.717) is 23.1 Å². The standard InChI is InChI=1S/C26H22N2O3/c29-19-9-4-8-17(14-19)25-24-21(10-5-11-23(24)30)27-22-15-18(12-13-20(22)28-25)26(31)16-6-2-1-3-7-16/h1-4,6-9,12-15,25,27-29H,5,10-11H2/t25-/m1/s1. The van der Waals surface area contributed by atoms with E-state index in [0.717, 1.165) is 35.5 Å². The largest absolute Gasteiger partial charge is 0.508 e. The van der Waals surface area contributed by atoms with Gasteiger partial charge in [-0.2, -0.15) is 0 Å². The summed E-state index contributed by atoms with van der Waals surface area (Å²) in [6.45, 7) is 0. The van der Waals surface area contributed by atoms with Gasteiger partial charge in [-0.05, 0) is 48.7 Å². The minimum atomic E-state index is -0.376. The molecule has 5 nitrogen and oxygen atoms in total. The summed E-state index contributed by atoms with van der Waals surface area (Å²) >= 11 is 0. The highest BCUT2D eigenvalue weighted by atomic mass is 16.3. The molecule has 0 spiro atoms. The second-order valence-electron chi connectivity index (χ2n) is 7.92. The fourth-order valence-corrected chi connectivity index (χ4v) is 4.34. The van der Waals surface area contributed by atoms with Crippen LogP contribution in [0.2, 0.25) is 0 Å². The minimum Gasteiger partial charge on any atom is -0.508 e. The Morgan fingerprint density at radius 3 is 2.52 bits per heavy atom. The second kappa shape index (κ2) is 7.76. The Morgan fingerprint density at radius 2 is 1.71 bits per heavy atom. The van der Waals surface area contributed by atoms with E-state index in [1.807, 2.05) is 36.4 Å². The maximum atomic E-state index is 12.9. The van der Waals surface area contributed by atoms with E-state index in [2.05, 4.69) is 10.6 Å². The van der Waals surface area contributed by atoms with Crippen molar-refractivity contribution in [3.05, 3.63) is 101 Å². The quantitative estimate of drug-likeness (QED) is 0.517. The molecule has 5 rings (SSSR count). The first-order valence-electron chi connectivity index (χ1n) is 10.4. The van der Waals surface area contributed by atoms with Crippen LogP contribution in [0.5, 0.6) is 5.75 Å². The minimum absolute atomic E-state index is 0.0482. The number of nitrogens with one attached hydrogen (secondary N) is 2. The zero-order chi connectivity index (χ0) is 21.4. The van der Waals surface area contributed by atoms with Crippen LogP contribution in [-0.2, 0) is 4.79 Å². The number of hydrogen-bond donors (Lipinski definition) is 3. The molecule has 0 aromatic heterocycles. The molecule has 1 heterocycles. The third-order valence-corrected chi connectivity index (χ3v) is 5.85. The van der Waals surface area contributed by atoms with E-state index in [4.69, 9.17) is 0 Å². The molecule has 0 saturated carbocycles. The van der Waals surface area contributed by atoms with E-state index < -0.39 is 0 Å². The molecule has 0 unspecified atom stereocenters. The lowest BCUT2D eigenvalue weighted by Crippen LogP contribution is -2.23. The van der Waals surface area contributed by atoms with Crippen LogP contribution in [0.3, 0.4) is 0 Å². The van der Waals surface area contributed by atoms with E-state index in [1.54, 1.807) is 36.4 Å². The van der Waals surface area contributed by atoms with Crippen molar-refractivity contribution < 1.29 is 14.7 Å². The van der Waals surface area contributed by atoms with Crippen LogP contribution in [0.4, 0.5) is 11.4 Å². The number of Topliss-reactive ketones (excluding diaryl/α,β-unsaturated/α-hetero) is 1. The van der Waals surface area contributed by atoms with Crippen LogP contribution in [-0.4, -0.2) is 16.7 Å². The number of hydrogen-bond acceptors (Lipinski definition) is 5. The molecule has 0 fully saturated rings. The maximum absolute atomic E-state index is 12.9. The van der Waals surface area contributed by atoms with E-state index in [-0.39, 0.29) is 23.4 Å². The SMILES string of the molecule is O=C1CCCC2=C1[C@@H](c1cccc(O)c1)Nc1ccc(C(=O)c3ccccc3)cc1N2. The van der Waals surface area contributed by atoms with Crippen LogP contribution in [0.1, 0.15) is 46.8 Å². The predicted octanol–water partition coefficient (Wildman–Crippen LogP) is 5.21. The van der Waals surface area contributed by atoms with Crippen molar-refractivity contribution in [1.82, 2.24) is 0 Å². The third-order valence-electron chi connectivity index (χ3n) is 5.85. The lowest BCUT2D eigenvalue weighted by atomic mass is 9.86. The van der Waals surface area contributed by atoms with Crippen molar-refractivity contribution in [3.8, 4) is 5.75 Å². The smallest absolute Gasteiger partial charge is 0.193 e. The molecule has 3 N–H and O–H groups in total. The molecule has 1 aliphatic heterocycles. The highest BCUT2D eigenvalue weighted by Crippen LogP contribution is 2.41. The van der Waals surface area contributed by atoms with Gasteiger partial charge in [0, 0.05) is 28.8 Å². The van der Waals surface area contributed by atoms with E-state index in [9.17, 15) is 14.7 Å². The lowest BCUT2D eigenvalue weighted by Gasteiger charge is -2.25. The van der Waals surface area contributed by atoms with Crippen LogP contribution >= 0.6 is 0 Å². The fraction of sp³-hybridized carbons (Fsp3) is 0.154. The summed E-state index contributed by atoms with van der Waals surface area (Å²) in [5.41, 5.74) is 5.19. The Hall–Kier alpha value is -3.86. The van der Waals surface area contributed by atoms with Gasteiger partial charge in [-0.25, -0.2) is 0 Å².